The van der Waals surface area contributed by atoms with Crippen LogP contribution in [0.3, 0.4) is 0 Å². The summed E-state index contributed by atoms with van der Waals surface area (Å²) in [7, 11) is 1.61. The molecule has 0 N–H and O–H groups in total. The largest absolute Gasteiger partial charge is 0.497 e. The molecule has 0 radical (unpaired) electrons. The maximum atomic E-state index is 12.5. The van der Waals surface area contributed by atoms with E-state index in [1.54, 1.807) is 18.9 Å². The Hall–Kier alpha value is -2.12. The van der Waals surface area contributed by atoms with Crippen LogP contribution in [0.2, 0.25) is 0 Å². The second-order valence-corrected chi connectivity index (χ2v) is 6.44. The molecule has 7 nitrogen and oxygen atoms in total. The van der Waals surface area contributed by atoms with Crippen LogP contribution in [0.25, 0.3) is 0 Å². The smallest absolute Gasteiger partial charge is 0.251 e. The van der Waals surface area contributed by atoms with Crippen molar-refractivity contribution in [2.24, 2.45) is 0 Å². The Labute approximate surface area is 161 Å². The minimum Gasteiger partial charge on any atom is -0.497 e. The fourth-order valence-electron chi connectivity index (χ4n) is 3.00. The first-order valence-electron chi connectivity index (χ1n) is 9.44. The number of carbonyl (C=O) groups is 2. The molecule has 0 bridgehead atoms. The molecule has 0 saturated carbocycles. The third-order valence-electron chi connectivity index (χ3n) is 4.58. The van der Waals surface area contributed by atoms with E-state index in [2.05, 4.69) is 0 Å². The number of amides is 2. The highest BCUT2D eigenvalue weighted by Gasteiger charge is 2.27. The zero-order valence-electron chi connectivity index (χ0n) is 16.5. The molecular weight excluding hydrogens is 348 g/mol. The summed E-state index contributed by atoms with van der Waals surface area (Å²) < 4.78 is 15.9. The molecule has 1 aliphatic heterocycles. The van der Waals surface area contributed by atoms with Crippen molar-refractivity contribution in [3.05, 3.63) is 29.8 Å². The Balaban J connectivity index is 1.76. The summed E-state index contributed by atoms with van der Waals surface area (Å²) in [5.41, 5.74) is 0.925. The molecule has 1 aromatic carbocycles. The van der Waals surface area contributed by atoms with Gasteiger partial charge in [-0.05, 0) is 31.5 Å². The summed E-state index contributed by atoms with van der Waals surface area (Å²) in [6.07, 6.45) is -0.160. The minimum absolute atomic E-state index is 0.0357. The molecule has 0 aromatic heterocycles. The summed E-state index contributed by atoms with van der Waals surface area (Å²) in [6.45, 7) is 7.35. The molecule has 1 atom stereocenters. The zero-order valence-corrected chi connectivity index (χ0v) is 16.5. The Morgan fingerprint density at radius 1 is 1.11 bits per heavy atom. The van der Waals surface area contributed by atoms with Gasteiger partial charge in [0.15, 0.2) is 0 Å². The predicted molar refractivity (Wildman–Crippen MR) is 102 cm³/mol. The van der Waals surface area contributed by atoms with E-state index >= 15 is 0 Å². The average molecular weight is 378 g/mol. The fourth-order valence-corrected chi connectivity index (χ4v) is 3.00. The first-order valence-corrected chi connectivity index (χ1v) is 9.44. The molecule has 1 aliphatic rings. The number of nitrogens with zero attached hydrogens (tertiary/aromatic N) is 2. The van der Waals surface area contributed by atoms with Gasteiger partial charge in [-0.2, -0.15) is 0 Å². The lowest BCUT2D eigenvalue weighted by molar-refractivity contribution is -0.147. The van der Waals surface area contributed by atoms with Crippen molar-refractivity contribution in [3.63, 3.8) is 0 Å². The van der Waals surface area contributed by atoms with Gasteiger partial charge in [0.25, 0.3) is 5.91 Å². The number of carbonyl (C=O) groups excluding carboxylic acids is 2. The first kappa shape index (κ1) is 21.2. The number of methoxy groups -OCH3 is 1. The Morgan fingerprint density at radius 2 is 1.81 bits per heavy atom. The number of ether oxygens (including phenoxy) is 3. The molecule has 0 aliphatic carbocycles. The van der Waals surface area contributed by atoms with Gasteiger partial charge < -0.3 is 24.0 Å². The monoisotopic (exact) mass is 378 g/mol. The summed E-state index contributed by atoms with van der Waals surface area (Å²) in [5.74, 6) is 0.775. The van der Waals surface area contributed by atoms with Gasteiger partial charge in [0.05, 0.1) is 26.7 Å². The summed E-state index contributed by atoms with van der Waals surface area (Å²) in [5, 5.41) is 0. The fraction of sp³-hybridized carbons (Fsp3) is 0.600. The number of benzene rings is 1. The third kappa shape index (κ3) is 6.52. The topological polar surface area (TPSA) is 68.3 Å². The number of piperazine rings is 1. The van der Waals surface area contributed by atoms with Crippen molar-refractivity contribution >= 4 is 11.8 Å². The van der Waals surface area contributed by atoms with Crippen LogP contribution in [0, 0.1) is 0 Å². The molecule has 2 rings (SSSR count). The van der Waals surface area contributed by atoms with E-state index in [1.807, 2.05) is 36.1 Å². The van der Waals surface area contributed by atoms with E-state index < -0.39 is 6.10 Å². The standard InChI is InChI=1S/C20H30N2O5/c1-4-26-12-13-27-16(2)20(24)22-10-8-21(9-11-22)19(23)15-17-6-5-7-18(14-17)25-3/h5-7,14,16H,4,8-13,15H2,1-3H3. The lowest BCUT2D eigenvalue weighted by atomic mass is 10.1. The normalized spacial score (nSPS) is 15.5. The van der Waals surface area contributed by atoms with Gasteiger partial charge in [-0.3, -0.25) is 9.59 Å². The Morgan fingerprint density at radius 3 is 2.48 bits per heavy atom. The first-order chi connectivity index (χ1) is 13.0. The van der Waals surface area contributed by atoms with Crippen molar-refractivity contribution in [2.75, 3.05) is 53.1 Å². The average Bonchev–Trinajstić information content (AvgIpc) is 2.70. The predicted octanol–water partition coefficient (Wildman–Crippen LogP) is 1.35. The van der Waals surface area contributed by atoms with Gasteiger partial charge in [0.2, 0.25) is 5.91 Å². The second-order valence-electron chi connectivity index (χ2n) is 6.44. The van der Waals surface area contributed by atoms with Gasteiger partial charge in [0, 0.05) is 32.8 Å². The lowest BCUT2D eigenvalue weighted by Crippen LogP contribution is -2.53. The molecule has 7 heteroatoms. The molecule has 1 aromatic rings. The van der Waals surface area contributed by atoms with Crippen molar-refractivity contribution in [2.45, 2.75) is 26.4 Å². The third-order valence-corrected chi connectivity index (χ3v) is 4.58. The molecule has 27 heavy (non-hydrogen) atoms. The van der Waals surface area contributed by atoms with Crippen LogP contribution in [-0.4, -0.2) is 80.8 Å². The van der Waals surface area contributed by atoms with E-state index in [9.17, 15) is 9.59 Å². The van der Waals surface area contributed by atoms with Crippen molar-refractivity contribution in [3.8, 4) is 5.75 Å². The van der Waals surface area contributed by atoms with Crippen molar-refractivity contribution in [1.82, 2.24) is 9.80 Å². The maximum Gasteiger partial charge on any atom is 0.251 e. The molecule has 150 valence electrons. The van der Waals surface area contributed by atoms with E-state index in [0.717, 1.165) is 11.3 Å². The molecule has 2 amide bonds. The van der Waals surface area contributed by atoms with Crippen LogP contribution in [0.4, 0.5) is 0 Å². The van der Waals surface area contributed by atoms with E-state index in [0.29, 0.717) is 52.4 Å². The molecule has 1 unspecified atom stereocenters. The quantitative estimate of drug-likeness (QED) is 0.607. The van der Waals surface area contributed by atoms with Crippen molar-refractivity contribution in [1.29, 1.82) is 0 Å². The zero-order chi connectivity index (χ0) is 19.6. The van der Waals surface area contributed by atoms with E-state index in [-0.39, 0.29) is 11.8 Å². The van der Waals surface area contributed by atoms with Gasteiger partial charge in [-0.1, -0.05) is 12.1 Å². The summed E-state index contributed by atoms with van der Waals surface area (Å²) >= 11 is 0. The van der Waals surface area contributed by atoms with Gasteiger partial charge >= 0.3 is 0 Å². The van der Waals surface area contributed by atoms with Gasteiger partial charge in [-0.25, -0.2) is 0 Å². The van der Waals surface area contributed by atoms with Crippen LogP contribution in [0.1, 0.15) is 19.4 Å². The van der Waals surface area contributed by atoms with E-state index in [4.69, 9.17) is 14.2 Å². The molecule has 1 heterocycles. The Bertz CT molecular complexity index is 614. The second kappa shape index (κ2) is 10.9. The van der Waals surface area contributed by atoms with Crippen LogP contribution < -0.4 is 4.74 Å². The highest BCUT2D eigenvalue weighted by atomic mass is 16.5. The summed E-state index contributed by atoms with van der Waals surface area (Å²) in [6, 6.07) is 7.53. The van der Waals surface area contributed by atoms with Gasteiger partial charge in [0.1, 0.15) is 11.9 Å². The lowest BCUT2D eigenvalue weighted by Gasteiger charge is -2.36. The SMILES string of the molecule is CCOCCOC(C)C(=O)N1CCN(C(=O)Cc2cccc(OC)c2)CC1. The minimum atomic E-state index is -0.496. The molecule has 0 spiro atoms. The van der Waals surface area contributed by atoms with Crippen LogP contribution in [-0.2, 0) is 25.5 Å². The van der Waals surface area contributed by atoms with Gasteiger partial charge in [-0.15, -0.1) is 0 Å². The summed E-state index contributed by atoms with van der Waals surface area (Å²) in [4.78, 5) is 28.5. The number of rotatable bonds is 9. The highest BCUT2D eigenvalue weighted by Crippen LogP contribution is 2.14. The van der Waals surface area contributed by atoms with Crippen LogP contribution in [0.15, 0.2) is 24.3 Å². The molecule has 1 saturated heterocycles. The van der Waals surface area contributed by atoms with Crippen LogP contribution >= 0.6 is 0 Å². The van der Waals surface area contributed by atoms with E-state index in [1.165, 1.54) is 0 Å². The highest BCUT2D eigenvalue weighted by molar-refractivity contribution is 5.82. The Kier molecular flexibility index (Phi) is 8.54. The maximum absolute atomic E-state index is 12.5. The van der Waals surface area contributed by atoms with Crippen LogP contribution in [0.5, 0.6) is 5.75 Å². The molecule has 1 fully saturated rings. The van der Waals surface area contributed by atoms with Crippen molar-refractivity contribution < 1.29 is 23.8 Å². The molecular formula is C20H30N2O5. The number of hydrogen-bond acceptors (Lipinski definition) is 5. The number of hydrogen-bond donors (Lipinski definition) is 0.